The Morgan fingerprint density at radius 2 is 2.31 bits per heavy atom. The van der Waals surface area contributed by atoms with Crippen molar-refractivity contribution in [2.75, 3.05) is 7.11 Å². The Hall–Kier alpha value is -0.280. The van der Waals surface area contributed by atoms with Crippen molar-refractivity contribution >= 4 is 38.5 Å². The van der Waals surface area contributed by atoms with Crippen LogP contribution in [0.3, 0.4) is 0 Å². The molecule has 0 aliphatic rings. The molecule has 0 heterocycles. The predicted molar refractivity (Wildman–Crippen MR) is 63.1 cm³/mol. The number of hydrogen-bond donors (Lipinski definition) is 0. The second-order valence-electron chi connectivity index (χ2n) is 2.39. The summed E-state index contributed by atoms with van der Waals surface area (Å²) in [6.07, 6.45) is 0. The Labute approximate surface area is 99.2 Å². The first kappa shape index (κ1) is 10.8. The number of ether oxygens (including phenoxy) is 1. The van der Waals surface area contributed by atoms with E-state index in [2.05, 4.69) is 44.6 Å². The van der Waals surface area contributed by atoms with Gasteiger partial charge in [0.25, 0.3) is 0 Å². The van der Waals surface area contributed by atoms with E-state index in [0.717, 1.165) is 20.2 Å². The molecule has 0 saturated heterocycles. The van der Waals surface area contributed by atoms with Gasteiger partial charge in [-0.15, -0.1) is 0 Å². The highest BCUT2D eigenvalue weighted by Crippen LogP contribution is 2.26. The van der Waals surface area contributed by atoms with Crippen molar-refractivity contribution in [1.82, 2.24) is 0 Å². The summed E-state index contributed by atoms with van der Waals surface area (Å²) in [5.41, 5.74) is 1.72. The Balaban J connectivity index is 3.28. The molecule has 1 aromatic rings. The normalized spacial score (nSPS) is 9.38. The standard InChI is InChI=1S/C9H7BrINO/c1-13-9-3-7(5-12)8(11)2-6(9)4-10/h2-3H,4H2,1H3. The van der Waals surface area contributed by atoms with Crippen molar-refractivity contribution in [1.29, 1.82) is 5.26 Å². The summed E-state index contributed by atoms with van der Waals surface area (Å²) in [6, 6.07) is 5.83. The Bertz CT molecular complexity index is 359. The summed E-state index contributed by atoms with van der Waals surface area (Å²) in [5, 5.41) is 9.51. The van der Waals surface area contributed by atoms with Crippen LogP contribution in [0.1, 0.15) is 11.1 Å². The minimum Gasteiger partial charge on any atom is -0.496 e. The molecule has 0 saturated carbocycles. The van der Waals surface area contributed by atoms with E-state index in [0.29, 0.717) is 5.56 Å². The maximum absolute atomic E-state index is 8.78. The number of halogens is 2. The highest BCUT2D eigenvalue weighted by Gasteiger charge is 2.07. The molecule has 0 aromatic heterocycles. The first-order chi connectivity index (χ1) is 6.22. The second kappa shape index (κ2) is 4.82. The first-order valence-electron chi connectivity index (χ1n) is 3.55. The average molecular weight is 352 g/mol. The van der Waals surface area contributed by atoms with E-state index in [9.17, 15) is 0 Å². The van der Waals surface area contributed by atoms with Gasteiger partial charge in [-0.05, 0) is 34.7 Å². The quantitative estimate of drug-likeness (QED) is 0.606. The molecule has 0 atom stereocenters. The zero-order valence-electron chi connectivity index (χ0n) is 6.97. The van der Waals surface area contributed by atoms with E-state index in [1.807, 2.05) is 6.07 Å². The molecule has 68 valence electrons. The Morgan fingerprint density at radius 3 is 2.77 bits per heavy atom. The molecule has 0 N–H and O–H groups in total. The van der Waals surface area contributed by atoms with Crippen LogP contribution in [0, 0.1) is 14.9 Å². The average Bonchev–Trinajstić information content (AvgIpc) is 2.17. The topological polar surface area (TPSA) is 33.0 Å². The molecule has 13 heavy (non-hydrogen) atoms. The van der Waals surface area contributed by atoms with Gasteiger partial charge in [0.1, 0.15) is 11.8 Å². The van der Waals surface area contributed by atoms with Crippen LogP contribution in [0.5, 0.6) is 5.75 Å². The summed E-state index contributed by atoms with van der Waals surface area (Å²) in [5.74, 6) is 0.758. The highest BCUT2D eigenvalue weighted by molar-refractivity contribution is 14.1. The van der Waals surface area contributed by atoms with E-state index in [4.69, 9.17) is 10.00 Å². The van der Waals surface area contributed by atoms with Crippen LogP contribution >= 0.6 is 38.5 Å². The van der Waals surface area contributed by atoms with Gasteiger partial charge < -0.3 is 4.74 Å². The summed E-state index contributed by atoms with van der Waals surface area (Å²) >= 11 is 5.51. The lowest BCUT2D eigenvalue weighted by Crippen LogP contribution is -1.92. The lowest BCUT2D eigenvalue weighted by Gasteiger charge is -2.07. The molecule has 0 unspecified atom stereocenters. The highest BCUT2D eigenvalue weighted by atomic mass is 127. The Kier molecular flexibility index (Phi) is 4.00. The van der Waals surface area contributed by atoms with Crippen molar-refractivity contribution in [2.45, 2.75) is 5.33 Å². The number of methoxy groups -OCH3 is 1. The van der Waals surface area contributed by atoms with Gasteiger partial charge in [0.05, 0.1) is 12.7 Å². The van der Waals surface area contributed by atoms with Crippen molar-refractivity contribution in [2.24, 2.45) is 0 Å². The maximum Gasteiger partial charge on any atom is 0.124 e. The van der Waals surface area contributed by atoms with Crippen LogP contribution in [0.15, 0.2) is 12.1 Å². The number of hydrogen-bond acceptors (Lipinski definition) is 2. The molecule has 0 aliphatic carbocycles. The number of benzene rings is 1. The third-order valence-corrected chi connectivity index (χ3v) is 3.13. The molecule has 4 heteroatoms. The van der Waals surface area contributed by atoms with Crippen LogP contribution in [0.25, 0.3) is 0 Å². The van der Waals surface area contributed by atoms with Crippen LogP contribution in [0.2, 0.25) is 0 Å². The van der Waals surface area contributed by atoms with Gasteiger partial charge in [0.15, 0.2) is 0 Å². The lowest BCUT2D eigenvalue weighted by atomic mass is 10.1. The number of nitriles is 1. The Morgan fingerprint density at radius 1 is 1.62 bits per heavy atom. The minimum absolute atomic E-state index is 0.655. The van der Waals surface area contributed by atoms with Gasteiger partial charge in [0.2, 0.25) is 0 Å². The molecule has 0 aliphatic heterocycles. The van der Waals surface area contributed by atoms with E-state index in [-0.39, 0.29) is 0 Å². The zero-order valence-corrected chi connectivity index (χ0v) is 10.7. The van der Waals surface area contributed by atoms with Gasteiger partial charge >= 0.3 is 0 Å². The molecule has 1 rings (SSSR count). The van der Waals surface area contributed by atoms with E-state index in [1.54, 1.807) is 13.2 Å². The van der Waals surface area contributed by atoms with Gasteiger partial charge in [0, 0.05) is 14.5 Å². The molecule has 0 amide bonds. The van der Waals surface area contributed by atoms with E-state index >= 15 is 0 Å². The molecule has 0 radical (unpaired) electrons. The predicted octanol–water partition coefficient (Wildman–Crippen LogP) is 3.07. The van der Waals surface area contributed by atoms with Crippen LogP contribution < -0.4 is 4.74 Å². The molecule has 0 spiro atoms. The van der Waals surface area contributed by atoms with Crippen molar-refractivity contribution in [3.63, 3.8) is 0 Å². The molecular formula is C9H7BrINO. The SMILES string of the molecule is COc1cc(C#N)c(I)cc1CBr. The summed E-state index contributed by atoms with van der Waals surface area (Å²) in [6.45, 7) is 0. The third-order valence-electron chi connectivity index (χ3n) is 1.63. The summed E-state index contributed by atoms with van der Waals surface area (Å²) in [4.78, 5) is 0. The molecular weight excluding hydrogens is 345 g/mol. The molecule has 0 fully saturated rings. The van der Waals surface area contributed by atoms with Crippen molar-refractivity contribution in [3.05, 3.63) is 26.8 Å². The number of alkyl halides is 1. The summed E-state index contributed by atoms with van der Waals surface area (Å²) in [7, 11) is 1.61. The number of rotatable bonds is 2. The molecule has 0 bridgehead atoms. The zero-order chi connectivity index (χ0) is 9.84. The van der Waals surface area contributed by atoms with Gasteiger partial charge in [-0.2, -0.15) is 5.26 Å². The van der Waals surface area contributed by atoms with E-state index in [1.165, 1.54) is 0 Å². The maximum atomic E-state index is 8.78. The number of nitrogens with zero attached hydrogens (tertiary/aromatic N) is 1. The monoisotopic (exact) mass is 351 g/mol. The van der Waals surface area contributed by atoms with Gasteiger partial charge in [-0.3, -0.25) is 0 Å². The second-order valence-corrected chi connectivity index (χ2v) is 4.11. The molecule has 2 nitrogen and oxygen atoms in total. The van der Waals surface area contributed by atoms with Gasteiger partial charge in [-0.25, -0.2) is 0 Å². The van der Waals surface area contributed by atoms with Crippen molar-refractivity contribution < 1.29 is 4.74 Å². The van der Waals surface area contributed by atoms with Crippen LogP contribution in [-0.2, 0) is 5.33 Å². The minimum atomic E-state index is 0.655. The van der Waals surface area contributed by atoms with Crippen molar-refractivity contribution in [3.8, 4) is 11.8 Å². The lowest BCUT2D eigenvalue weighted by molar-refractivity contribution is 0.411. The van der Waals surface area contributed by atoms with E-state index < -0.39 is 0 Å². The third kappa shape index (κ3) is 2.35. The fourth-order valence-electron chi connectivity index (χ4n) is 0.975. The molecule has 1 aromatic carbocycles. The van der Waals surface area contributed by atoms with Crippen LogP contribution in [0.4, 0.5) is 0 Å². The summed E-state index contributed by atoms with van der Waals surface area (Å²) < 4.78 is 6.10. The first-order valence-corrected chi connectivity index (χ1v) is 5.75. The fraction of sp³-hybridized carbons (Fsp3) is 0.222. The van der Waals surface area contributed by atoms with Crippen LogP contribution in [-0.4, -0.2) is 7.11 Å². The smallest absolute Gasteiger partial charge is 0.124 e. The van der Waals surface area contributed by atoms with Gasteiger partial charge in [-0.1, -0.05) is 15.9 Å². The largest absolute Gasteiger partial charge is 0.496 e. The fourth-order valence-corrected chi connectivity index (χ4v) is 2.07.